The highest BCUT2D eigenvalue weighted by atomic mass is 16.5. The number of carbonyl (C=O) groups excluding carboxylic acids is 1. The van der Waals surface area contributed by atoms with Crippen LogP contribution in [0.25, 0.3) is 11.0 Å². The second-order valence-corrected chi connectivity index (χ2v) is 4.72. The Hall–Kier alpha value is -2.69. The SMILES string of the molecule is COC(=O)c1ccc2nn(CCc3ccccc3)cc2n1. The zero-order chi connectivity index (χ0) is 14.7. The van der Waals surface area contributed by atoms with Gasteiger partial charge in [-0.2, -0.15) is 5.10 Å². The van der Waals surface area contributed by atoms with Gasteiger partial charge in [-0.25, -0.2) is 9.78 Å². The summed E-state index contributed by atoms with van der Waals surface area (Å²) in [7, 11) is 1.34. The van der Waals surface area contributed by atoms with Crippen molar-refractivity contribution in [3.05, 3.63) is 59.9 Å². The van der Waals surface area contributed by atoms with Crippen LogP contribution >= 0.6 is 0 Å². The highest BCUT2D eigenvalue weighted by molar-refractivity contribution is 5.90. The van der Waals surface area contributed by atoms with Crippen molar-refractivity contribution in [2.24, 2.45) is 0 Å². The Balaban J connectivity index is 1.79. The molecule has 0 aliphatic heterocycles. The van der Waals surface area contributed by atoms with Crippen LogP contribution in [-0.2, 0) is 17.7 Å². The first-order valence-corrected chi connectivity index (χ1v) is 6.73. The van der Waals surface area contributed by atoms with Crippen molar-refractivity contribution >= 4 is 17.0 Å². The molecule has 1 aromatic carbocycles. The topological polar surface area (TPSA) is 57.0 Å². The summed E-state index contributed by atoms with van der Waals surface area (Å²) in [6.45, 7) is 0.772. The minimum absolute atomic E-state index is 0.299. The molecule has 0 amide bonds. The molecule has 2 heterocycles. The van der Waals surface area contributed by atoms with Crippen LogP contribution in [0.4, 0.5) is 0 Å². The predicted molar refractivity (Wildman–Crippen MR) is 79.0 cm³/mol. The number of ether oxygens (including phenoxy) is 1. The van der Waals surface area contributed by atoms with Gasteiger partial charge in [-0.1, -0.05) is 30.3 Å². The van der Waals surface area contributed by atoms with E-state index < -0.39 is 5.97 Å². The van der Waals surface area contributed by atoms with Crippen molar-refractivity contribution in [3.8, 4) is 0 Å². The lowest BCUT2D eigenvalue weighted by Crippen LogP contribution is -2.03. The number of esters is 1. The first-order chi connectivity index (χ1) is 10.3. The Labute approximate surface area is 122 Å². The molecule has 106 valence electrons. The molecule has 5 nitrogen and oxygen atoms in total. The number of aromatic nitrogens is 3. The van der Waals surface area contributed by atoms with E-state index in [1.165, 1.54) is 12.7 Å². The fraction of sp³-hybridized carbons (Fsp3) is 0.188. The molecule has 2 aromatic heterocycles. The number of nitrogens with zero attached hydrogens (tertiary/aromatic N) is 3. The Bertz CT molecular complexity index is 766. The van der Waals surface area contributed by atoms with Crippen LogP contribution in [0.1, 0.15) is 16.1 Å². The van der Waals surface area contributed by atoms with Crippen LogP contribution in [0.5, 0.6) is 0 Å². The summed E-state index contributed by atoms with van der Waals surface area (Å²) in [4.78, 5) is 15.7. The van der Waals surface area contributed by atoms with E-state index in [-0.39, 0.29) is 0 Å². The van der Waals surface area contributed by atoms with Gasteiger partial charge in [0.25, 0.3) is 0 Å². The third kappa shape index (κ3) is 2.91. The van der Waals surface area contributed by atoms with E-state index in [0.717, 1.165) is 18.5 Å². The van der Waals surface area contributed by atoms with Crippen LogP contribution in [0.15, 0.2) is 48.7 Å². The monoisotopic (exact) mass is 281 g/mol. The Morgan fingerprint density at radius 2 is 1.95 bits per heavy atom. The lowest BCUT2D eigenvalue weighted by molar-refractivity contribution is 0.0594. The summed E-state index contributed by atoms with van der Waals surface area (Å²) >= 11 is 0. The minimum Gasteiger partial charge on any atom is -0.464 e. The van der Waals surface area contributed by atoms with E-state index in [1.54, 1.807) is 12.1 Å². The molecule has 0 saturated heterocycles. The van der Waals surface area contributed by atoms with Crippen LogP contribution < -0.4 is 0 Å². The van der Waals surface area contributed by atoms with Crippen molar-refractivity contribution < 1.29 is 9.53 Å². The zero-order valence-electron chi connectivity index (χ0n) is 11.7. The number of benzene rings is 1. The molecule has 0 aliphatic rings. The lowest BCUT2D eigenvalue weighted by atomic mass is 10.1. The first kappa shape index (κ1) is 13.3. The highest BCUT2D eigenvalue weighted by Gasteiger charge is 2.09. The molecule has 21 heavy (non-hydrogen) atoms. The molecule has 3 rings (SSSR count). The van der Waals surface area contributed by atoms with Crippen molar-refractivity contribution in [1.29, 1.82) is 0 Å². The van der Waals surface area contributed by atoms with Gasteiger partial charge in [0.15, 0.2) is 0 Å². The van der Waals surface area contributed by atoms with Gasteiger partial charge in [0.1, 0.15) is 16.7 Å². The van der Waals surface area contributed by atoms with E-state index in [1.807, 2.05) is 29.1 Å². The summed E-state index contributed by atoms with van der Waals surface area (Å²) in [5.41, 5.74) is 3.04. The quantitative estimate of drug-likeness (QED) is 0.689. The molecule has 0 N–H and O–H groups in total. The van der Waals surface area contributed by atoms with Crippen molar-refractivity contribution in [1.82, 2.24) is 14.8 Å². The summed E-state index contributed by atoms with van der Waals surface area (Å²) in [5, 5.41) is 4.46. The Morgan fingerprint density at radius 3 is 2.71 bits per heavy atom. The molecule has 0 fully saturated rings. The average molecular weight is 281 g/mol. The number of hydrogen-bond acceptors (Lipinski definition) is 4. The molecular formula is C16H15N3O2. The van der Waals surface area contributed by atoms with E-state index >= 15 is 0 Å². The molecule has 0 spiro atoms. The molecule has 0 radical (unpaired) electrons. The second kappa shape index (κ2) is 5.75. The van der Waals surface area contributed by atoms with E-state index in [9.17, 15) is 4.79 Å². The van der Waals surface area contributed by atoms with Gasteiger partial charge >= 0.3 is 5.97 Å². The number of pyridine rings is 1. The molecule has 0 unspecified atom stereocenters. The molecule has 3 aromatic rings. The maximum atomic E-state index is 11.5. The molecule has 5 heteroatoms. The van der Waals surface area contributed by atoms with Gasteiger partial charge < -0.3 is 4.74 Å². The predicted octanol–water partition coefficient (Wildman–Crippen LogP) is 2.46. The summed E-state index contributed by atoms with van der Waals surface area (Å²) < 4.78 is 6.52. The number of hydrogen-bond donors (Lipinski definition) is 0. The minimum atomic E-state index is -0.436. The molecule has 0 aliphatic carbocycles. The van der Waals surface area contributed by atoms with Crippen LogP contribution in [0.3, 0.4) is 0 Å². The van der Waals surface area contributed by atoms with Crippen LogP contribution in [-0.4, -0.2) is 27.8 Å². The normalized spacial score (nSPS) is 10.7. The van der Waals surface area contributed by atoms with Crippen LogP contribution in [0.2, 0.25) is 0 Å². The van der Waals surface area contributed by atoms with Gasteiger partial charge in [-0.3, -0.25) is 4.68 Å². The number of methoxy groups -OCH3 is 1. The van der Waals surface area contributed by atoms with Crippen molar-refractivity contribution in [2.45, 2.75) is 13.0 Å². The fourth-order valence-corrected chi connectivity index (χ4v) is 2.18. The van der Waals surface area contributed by atoms with Gasteiger partial charge in [0, 0.05) is 6.54 Å². The number of carbonyl (C=O) groups is 1. The van der Waals surface area contributed by atoms with Gasteiger partial charge in [0.05, 0.1) is 13.3 Å². The van der Waals surface area contributed by atoms with Crippen LogP contribution in [0, 0.1) is 0 Å². The smallest absolute Gasteiger partial charge is 0.356 e. The molecule has 0 bridgehead atoms. The van der Waals surface area contributed by atoms with E-state index in [4.69, 9.17) is 0 Å². The first-order valence-electron chi connectivity index (χ1n) is 6.73. The van der Waals surface area contributed by atoms with E-state index in [2.05, 4.69) is 27.0 Å². The van der Waals surface area contributed by atoms with Crippen molar-refractivity contribution in [3.63, 3.8) is 0 Å². The van der Waals surface area contributed by atoms with E-state index in [0.29, 0.717) is 11.2 Å². The molecule has 0 saturated carbocycles. The van der Waals surface area contributed by atoms with Gasteiger partial charge in [-0.05, 0) is 24.1 Å². The lowest BCUT2D eigenvalue weighted by Gasteiger charge is -2.00. The average Bonchev–Trinajstić information content (AvgIpc) is 2.95. The fourth-order valence-electron chi connectivity index (χ4n) is 2.18. The summed E-state index contributed by atoms with van der Waals surface area (Å²) in [5.74, 6) is -0.436. The zero-order valence-corrected chi connectivity index (χ0v) is 11.7. The van der Waals surface area contributed by atoms with Crippen molar-refractivity contribution in [2.75, 3.05) is 7.11 Å². The Morgan fingerprint density at radius 1 is 1.14 bits per heavy atom. The molecular weight excluding hydrogens is 266 g/mol. The Kier molecular flexibility index (Phi) is 3.64. The highest BCUT2D eigenvalue weighted by Crippen LogP contribution is 2.12. The third-order valence-corrected chi connectivity index (χ3v) is 3.28. The maximum Gasteiger partial charge on any atom is 0.356 e. The number of rotatable bonds is 4. The van der Waals surface area contributed by atoms with Gasteiger partial charge in [-0.15, -0.1) is 0 Å². The summed E-state index contributed by atoms with van der Waals surface area (Å²) in [6.07, 6.45) is 2.75. The molecule has 0 atom stereocenters. The summed E-state index contributed by atoms with van der Waals surface area (Å²) in [6, 6.07) is 13.7. The number of fused-ring (bicyclic) bond motifs is 1. The standard InChI is InChI=1S/C16H15N3O2/c1-21-16(20)14-8-7-13-15(17-14)11-19(18-13)10-9-12-5-3-2-4-6-12/h2-8,11H,9-10H2,1H3. The largest absolute Gasteiger partial charge is 0.464 e. The second-order valence-electron chi connectivity index (χ2n) is 4.72. The third-order valence-electron chi connectivity index (χ3n) is 3.28. The van der Waals surface area contributed by atoms with Gasteiger partial charge in [0.2, 0.25) is 0 Å². The maximum absolute atomic E-state index is 11.5. The number of aryl methyl sites for hydroxylation is 2.